The summed E-state index contributed by atoms with van der Waals surface area (Å²) >= 11 is 0. The molecule has 0 heterocycles. The lowest BCUT2D eigenvalue weighted by Crippen LogP contribution is -2.18. The first-order chi connectivity index (χ1) is 5.68. The van der Waals surface area contributed by atoms with Gasteiger partial charge in [0.1, 0.15) is 0 Å². The molecule has 0 bridgehead atoms. The SMILES string of the molecule is [N-]=[N+]=NCCCCC(O)C(=O)O. The Hall–Kier alpha value is -1.26. The van der Waals surface area contributed by atoms with E-state index in [1.165, 1.54) is 0 Å². The molecule has 0 aliphatic rings. The summed E-state index contributed by atoms with van der Waals surface area (Å²) in [6.45, 7) is 0.350. The van der Waals surface area contributed by atoms with Crippen molar-refractivity contribution in [3.05, 3.63) is 10.4 Å². The summed E-state index contributed by atoms with van der Waals surface area (Å²) in [6.07, 6.45) is 0.0630. The molecule has 0 amide bonds. The Bertz CT molecular complexity index is 188. The number of azide groups is 1. The number of unbranched alkanes of at least 4 members (excludes halogenated alkanes) is 1. The average Bonchev–Trinajstić information content (AvgIpc) is 2.03. The molecule has 0 saturated heterocycles. The van der Waals surface area contributed by atoms with Crippen LogP contribution in [0.25, 0.3) is 10.4 Å². The molecule has 0 aromatic carbocycles. The van der Waals surface area contributed by atoms with Crippen LogP contribution in [0, 0.1) is 0 Å². The monoisotopic (exact) mass is 173 g/mol. The Balaban J connectivity index is 3.31. The third kappa shape index (κ3) is 5.52. The third-order valence-electron chi connectivity index (χ3n) is 1.33. The van der Waals surface area contributed by atoms with Crippen LogP contribution in [-0.2, 0) is 4.79 Å². The van der Waals surface area contributed by atoms with E-state index in [1.807, 2.05) is 0 Å². The highest BCUT2D eigenvalue weighted by molar-refractivity contribution is 5.71. The summed E-state index contributed by atoms with van der Waals surface area (Å²) in [6, 6.07) is 0. The number of hydrogen-bond acceptors (Lipinski definition) is 3. The molecule has 0 aromatic heterocycles. The molecule has 12 heavy (non-hydrogen) atoms. The minimum Gasteiger partial charge on any atom is -0.479 e. The molecule has 68 valence electrons. The number of aliphatic hydroxyl groups excluding tert-OH is 1. The van der Waals surface area contributed by atoms with Crippen LogP contribution in [0.5, 0.6) is 0 Å². The first kappa shape index (κ1) is 10.7. The fourth-order valence-electron chi connectivity index (χ4n) is 0.688. The summed E-state index contributed by atoms with van der Waals surface area (Å²) < 4.78 is 0. The van der Waals surface area contributed by atoms with Gasteiger partial charge in [-0.05, 0) is 18.4 Å². The molecule has 1 atom stereocenters. The van der Waals surface area contributed by atoms with Crippen molar-refractivity contribution in [1.82, 2.24) is 0 Å². The fourth-order valence-corrected chi connectivity index (χ4v) is 0.688. The van der Waals surface area contributed by atoms with Crippen LogP contribution >= 0.6 is 0 Å². The van der Waals surface area contributed by atoms with Crippen molar-refractivity contribution in [2.45, 2.75) is 25.4 Å². The molecule has 6 nitrogen and oxygen atoms in total. The Kier molecular flexibility index (Phi) is 5.77. The average molecular weight is 173 g/mol. The molecule has 0 aliphatic heterocycles. The Morgan fingerprint density at radius 1 is 1.58 bits per heavy atom. The van der Waals surface area contributed by atoms with Gasteiger partial charge in [-0.15, -0.1) is 0 Å². The Morgan fingerprint density at radius 2 is 2.25 bits per heavy atom. The zero-order valence-electron chi connectivity index (χ0n) is 6.55. The van der Waals surface area contributed by atoms with Gasteiger partial charge < -0.3 is 10.2 Å². The highest BCUT2D eigenvalue weighted by atomic mass is 16.4. The van der Waals surface area contributed by atoms with Gasteiger partial charge in [-0.2, -0.15) is 0 Å². The molecular weight excluding hydrogens is 162 g/mol. The maximum absolute atomic E-state index is 10.1. The number of aliphatic hydroxyl groups is 1. The predicted molar refractivity (Wildman–Crippen MR) is 41.5 cm³/mol. The summed E-state index contributed by atoms with van der Waals surface area (Å²) in [5.74, 6) is -1.21. The van der Waals surface area contributed by atoms with Crippen LogP contribution in [-0.4, -0.2) is 28.8 Å². The Labute approximate surface area is 69.4 Å². The second kappa shape index (κ2) is 6.45. The lowest BCUT2D eigenvalue weighted by molar-refractivity contribution is -0.146. The number of nitrogens with zero attached hydrogens (tertiary/aromatic N) is 3. The van der Waals surface area contributed by atoms with Gasteiger partial charge in [0.25, 0.3) is 0 Å². The summed E-state index contributed by atoms with van der Waals surface area (Å²) in [4.78, 5) is 12.6. The minimum atomic E-state index is -1.30. The van der Waals surface area contributed by atoms with Gasteiger partial charge in [0.2, 0.25) is 0 Å². The van der Waals surface area contributed by atoms with E-state index in [-0.39, 0.29) is 6.42 Å². The van der Waals surface area contributed by atoms with Gasteiger partial charge >= 0.3 is 5.97 Å². The maximum atomic E-state index is 10.1. The molecule has 0 spiro atoms. The van der Waals surface area contributed by atoms with Crippen molar-refractivity contribution in [1.29, 1.82) is 0 Å². The zero-order valence-corrected chi connectivity index (χ0v) is 6.55. The third-order valence-corrected chi connectivity index (χ3v) is 1.33. The van der Waals surface area contributed by atoms with E-state index in [4.69, 9.17) is 15.7 Å². The topological polar surface area (TPSA) is 106 Å². The van der Waals surface area contributed by atoms with Crippen LogP contribution in [0.15, 0.2) is 5.11 Å². The van der Waals surface area contributed by atoms with Gasteiger partial charge in [0, 0.05) is 11.5 Å². The van der Waals surface area contributed by atoms with Crippen molar-refractivity contribution in [2.24, 2.45) is 5.11 Å². The van der Waals surface area contributed by atoms with Gasteiger partial charge in [0.05, 0.1) is 0 Å². The number of rotatable bonds is 6. The molecule has 0 aliphatic carbocycles. The van der Waals surface area contributed by atoms with Crippen LogP contribution in [0.2, 0.25) is 0 Å². The highest BCUT2D eigenvalue weighted by Crippen LogP contribution is 2.00. The fraction of sp³-hybridized carbons (Fsp3) is 0.833. The highest BCUT2D eigenvalue weighted by Gasteiger charge is 2.11. The molecule has 0 radical (unpaired) electrons. The molecule has 0 aromatic rings. The van der Waals surface area contributed by atoms with E-state index in [9.17, 15) is 4.79 Å². The number of aliphatic carboxylic acids is 1. The van der Waals surface area contributed by atoms with E-state index in [1.54, 1.807) is 0 Å². The summed E-state index contributed by atoms with van der Waals surface area (Å²) in [7, 11) is 0. The van der Waals surface area contributed by atoms with Crippen molar-refractivity contribution < 1.29 is 15.0 Å². The van der Waals surface area contributed by atoms with Gasteiger partial charge in [-0.3, -0.25) is 0 Å². The number of carbonyl (C=O) groups is 1. The number of carboxylic acid groups (broad SMARTS) is 1. The van der Waals surface area contributed by atoms with Gasteiger partial charge in [-0.25, -0.2) is 4.79 Å². The number of carboxylic acids is 1. The van der Waals surface area contributed by atoms with E-state index < -0.39 is 12.1 Å². The molecule has 2 N–H and O–H groups in total. The first-order valence-corrected chi connectivity index (χ1v) is 3.60. The molecule has 6 heteroatoms. The summed E-state index contributed by atoms with van der Waals surface area (Å²) in [5, 5.41) is 20.3. The lowest BCUT2D eigenvalue weighted by Gasteiger charge is -2.02. The normalized spacial score (nSPS) is 11.8. The molecular formula is C6H11N3O3. The van der Waals surface area contributed by atoms with E-state index in [2.05, 4.69) is 10.0 Å². The second-order valence-corrected chi connectivity index (χ2v) is 2.30. The first-order valence-electron chi connectivity index (χ1n) is 3.60. The van der Waals surface area contributed by atoms with Gasteiger partial charge in [-0.1, -0.05) is 11.5 Å². The standard InChI is InChI=1S/C6H11N3O3/c7-9-8-4-2-1-3-5(10)6(11)12/h5,10H,1-4H2,(H,11,12). The molecule has 1 unspecified atom stereocenters. The van der Waals surface area contributed by atoms with Crippen LogP contribution in [0.3, 0.4) is 0 Å². The van der Waals surface area contributed by atoms with E-state index >= 15 is 0 Å². The minimum absolute atomic E-state index is 0.205. The lowest BCUT2D eigenvalue weighted by atomic mass is 10.1. The van der Waals surface area contributed by atoms with Gasteiger partial charge in [0.15, 0.2) is 6.10 Å². The summed E-state index contributed by atoms with van der Waals surface area (Å²) in [5.41, 5.74) is 7.88. The van der Waals surface area contributed by atoms with Crippen LogP contribution in [0.4, 0.5) is 0 Å². The van der Waals surface area contributed by atoms with E-state index in [0.717, 1.165) is 0 Å². The predicted octanol–water partition coefficient (Wildman–Crippen LogP) is 0.912. The van der Waals surface area contributed by atoms with Crippen molar-refractivity contribution >= 4 is 5.97 Å². The zero-order chi connectivity index (χ0) is 9.40. The largest absolute Gasteiger partial charge is 0.479 e. The Morgan fingerprint density at radius 3 is 2.75 bits per heavy atom. The smallest absolute Gasteiger partial charge is 0.332 e. The van der Waals surface area contributed by atoms with Crippen molar-refractivity contribution in [3.63, 3.8) is 0 Å². The molecule has 0 fully saturated rings. The maximum Gasteiger partial charge on any atom is 0.332 e. The van der Waals surface area contributed by atoms with Crippen molar-refractivity contribution in [2.75, 3.05) is 6.54 Å². The van der Waals surface area contributed by atoms with E-state index in [0.29, 0.717) is 19.4 Å². The quantitative estimate of drug-likeness (QED) is 0.270. The van der Waals surface area contributed by atoms with Crippen LogP contribution in [0.1, 0.15) is 19.3 Å². The number of hydrogen-bond donors (Lipinski definition) is 2. The van der Waals surface area contributed by atoms with Crippen LogP contribution < -0.4 is 0 Å². The second-order valence-electron chi connectivity index (χ2n) is 2.30. The molecule has 0 saturated carbocycles. The van der Waals surface area contributed by atoms with Crippen molar-refractivity contribution in [3.8, 4) is 0 Å². The molecule has 0 rings (SSSR count).